The lowest BCUT2D eigenvalue weighted by Crippen LogP contribution is -2.18. The van der Waals surface area contributed by atoms with Crippen molar-refractivity contribution >= 4 is 11.8 Å². The fourth-order valence-corrected chi connectivity index (χ4v) is 2.10. The third kappa shape index (κ3) is 5.85. The second-order valence-electron chi connectivity index (χ2n) is 4.77. The SMILES string of the molecule is CC(C)(C)SCC(O)Cc1ccccc1. The minimum absolute atomic E-state index is 0.234. The van der Waals surface area contributed by atoms with Crippen LogP contribution in [-0.4, -0.2) is 21.7 Å². The first kappa shape index (κ1) is 12.6. The minimum Gasteiger partial charge on any atom is -0.392 e. The highest BCUT2D eigenvalue weighted by molar-refractivity contribution is 8.00. The first-order valence-electron chi connectivity index (χ1n) is 5.33. The Hall–Kier alpha value is -0.470. The quantitative estimate of drug-likeness (QED) is 0.848. The largest absolute Gasteiger partial charge is 0.392 e. The molecule has 0 spiro atoms. The van der Waals surface area contributed by atoms with Crippen LogP contribution in [0.3, 0.4) is 0 Å². The van der Waals surface area contributed by atoms with Gasteiger partial charge in [-0.1, -0.05) is 51.1 Å². The van der Waals surface area contributed by atoms with Crippen molar-refractivity contribution in [1.29, 1.82) is 0 Å². The summed E-state index contributed by atoms with van der Waals surface area (Å²) < 4.78 is 0.234. The summed E-state index contributed by atoms with van der Waals surface area (Å²) in [6.45, 7) is 6.52. The number of hydrogen-bond donors (Lipinski definition) is 1. The number of hydrogen-bond acceptors (Lipinski definition) is 2. The van der Waals surface area contributed by atoms with E-state index in [2.05, 4.69) is 32.9 Å². The highest BCUT2D eigenvalue weighted by atomic mass is 32.2. The molecule has 0 aliphatic heterocycles. The van der Waals surface area contributed by atoms with Crippen LogP contribution in [0.25, 0.3) is 0 Å². The summed E-state index contributed by atoms with van der Waals surface area (Å²) in [7, 11) is 0. The minimum atomic E-state index is -0.239. The molecular weight excluding hydrogens is 204 g/mol. The van der Waals surface area contributed by atoms with Crippen molar-refractivity contribution in [3.05, 3.63) is 35.9 Å². The molecule has 0 bridgehead atoms. The Morgan fingerprint density at radius 2 is 1.80 bits per heavy atom. The van der Waals surface area contributed by atoms with E-state index in [1.54, 1.807) is 0 Å². The van der Waals surface area contributed by atoms with Crippen molar-refractivity contribution in [3.63, 3.8) is 0 Å². The van der Waals surface area contributed by atoms with Crippen molar-refractivity contribution < 1.29 is 5.11 Å². The van der Waals surface area contributed by atoms with Gasteiger partial charge in [-0.3, -0.25) is 0 Å². The van der Waals surface area contributed by atoms with Crippen molar-refractivity contribution in [2.75, 3.05) is 5.75 Å². The van der Waals surface area contributed by atoms with Crippen LogP contribution >= 0.6 is 11.8 Å². The van der Waals surface area contributed by atoms with E-state index in [9.17, 15) is 5.11 Å². The van der Waals surface area contributed by atoms with Gasteiger partial charge < -0.3 is 5.11 Å². The normalized spacial score (nSPS) is 13.9. The van der Waals surface area contributed by atoms with E-state index < -0.39 is 0 Å². The maximum atomic E-state index is 9.85. The number of aliphatic hydroxyl groups excluding tert-OH is 1. The van der Waals surface area contributed by atoms with E-state index in [-0.39, 0.29) is 10.9 Å². The zero-order valence-electron chi connectivity index (χ0n) is 9.73. The van der Waals surface area contributed by atoms with Crippen molar-refractivity contribution in [1.82, 2.24) is 0 Å². The average molecular weight is 224 g/mol. The fraction of sp³-hybridized carbons (Fsp3) is 0.538. The van der Waals surface area contributed by atoms with Crippen molar-refractivity contribution in [3.8, 4) is 0 Å². The highest BCUT2D eigenvalue weighted by Crippen LogP contribution is 2.24. The predicted octanol–water partition coefficient (Wildman–Crippen LogP) is 3.12. The molecule has 84 valence electrons. The lowest BCUT2D eigenvalue weighted by atomic mass is 10.1. The van der Waals surface area contributed by atoms with Gasteiger partial charge in [0.2, 0.25) is 0 Å². The third-order valence-electron chi connectivity index (χ3n) is 2.02. The zero-order chi connectivity index (χ0) is 11.3. The molecule has 0 fully saturated rings. The molecule has 1 nitrogen and oxygen atoms in total. The van der Waals surface area contributed by atoms with Gasteiger partial charge in [0.15, 0.2) is 0 Å². The molecule has 0 aromatic heterocycles. The summed E-state index contributed by atoms with van der Waals surface area (Å²) in [6.07, 6.45) is 0.515. The van der Waals surface area contributed by atoms with Gasteiger partial charge in [-0.25, -0.2) is 0 Å². The molecule has 0 saturated carbocycles. The van der Waals surface area contributed by atoms with Crippen LogP contribution in [0.4, 0.5) is 0 Å². The second-order valence-corrected chi connectivity index (χ2v) is 6.61. The molecule has 1 atom stereocenters. The Labute approximate surface area is 96.9 Å². The third-order valence-corrected chi connectivity index (χ3v) is 3.44. The highest BCUT2D eigenvalue weighted by Gasteiger charge is 2.14. The van der Waals surface area contributed by atoms with Crippen LogP contribution in [-0.2, 0) is 6.42 Å². The van der Waals surface area contributed by atoms with Crippen LogP contribution in [0.5, 0.6) is 0 Å². The summed E-state index contributed by atoms with van der Waals surface area (Å²) in [5, 5.41) is 9.85. The molecule has 1 rings (SSSR count). The summed E-state index contributed by atoms with van der Waals surface area (Å²) in [4.78, 5) is 0. The van der Waals surface area contributed by atoms with E-state index in [4.69, 9.17) is 0 Å². The fourth-order valence-electron chi connectivity index (χ4n) is 1.29. The number of aliphatic hydroxyl groups is 1. The summed E-state index contributed by atoms with van der Waals surface area (Å²) in [5.74, 6) is 0.804. The molecule has 0 aliphatic rings. The Balaban J connectivity index is 2.34. The molecule has 0 aliphatic carbocycles. The van der Waals surface area contributed by atoms with E-state index in [0.29, 0.717) is 0 Å². The van der Waals surface area contributed by atoms with Gasteiger partial charge in [-0.2, -0.15) is 11.8 Å². The molecule has 0 amide bonds. The van der Waals surface area contributed by atoms with Gasteiger partial charge in [0.25, 0.3) is 0 Å². The standard InChI is InChI=1S/C13H20OS/c1-13(2,3)15-10-12(14)9-11-7-5-4-6-8-11/h4-8,12,14H,9-10H2,1-3H3. The molecular formula is C13H20OS. The molecule has 0 heterocycles. The van der Waals surface area contributed by atoms with Crippen LogP contribution < -0.4 is 0 Å². The lowest BCUT2D eigenvalue weighted by molar-refractivity contribution is 0.200. The first-order chi connectivity index (χ1) is 6.97. The lowest BCUT2D eigenvalue weighted by Gasteiger charge is -2.20. The topological polar surface area (TPSA) is 20.2 Å². The molecule has 1 aromatic rings. The molecule has 0 radical (unpaired) electrons. The molecule has 2 heteroatoms. The van der Waals surface area contributed by atoms with Gasteiger partial charge in [0.05, 0.1) is 6.10 Å². The van der Waals surface area contributed by atoms with Crippen LogP contribution in [0, 0.1) is 0 Å². The zero-order valence-corrected chi connectivity index (χ0v) is 10.6. The number of rotatable bonds is 4. The average Bonchev–Trinajstić information content (AvgIpc) is 2.15. The second kappa shape index (κ2) is 5.57. The summed E-state index contributed by atoms with van der Waals surface area (Å²) in [5.41, 5.74) is 1.21. The maximum absolute atomic E-state index is 9.85. The molecule has 0 saturated heterocycles. The van der Waals surface area contributed by atoms with Gasteiger partial charge in [0, 0.05) is 10.5 Å². The van der Waals surface area contributed by atoms with Crippen molar-refractivity contribution in [2.24, 2.45) is 0 Å². The Bertz CT molecular complexity index is 276. The van der Waals surface area contributed by atoms with E-state index in [1.807, 2.05) is 30.0 Å². The molecule has 15 heavy (non-hydrogen) atoms. The van der Waals surface area contributed by atoms with E-state index >= 15 is 0 Å². The van der Waals surface area contributed by atoms with Gasteiger partial charge in [-0.15, -0.1) is 0 Å². The Morgan fingerprint density at radius 1 is 1.20 bits per heavy atom. The molecule has 1 N–H and O–H groups in total. The summed E-state index contributed by atoms with van der Waals surface area (Å²) in [6, 6.07) is 10.1. The van der Waals surface area contributed by atoms with Crippen molar-refractivity contribution in [2.45, 2.75) is 38.0 Å². The predicted molar refractivity (Wildman–Crippen MR) is 68.4 cm³/mol. The molecule has 1 aromatic carbocycles. The Kier molecular flexibility index (Phi) is 4.68. The maximum Gasteiger partial charge on any atom is 0.0671 e. The monoisotopic (exact) mass is 224 g/mol. The number of thioether (sulfide) groups is 1. The van der Waals surface area contributed by atoms with E-state index in [0.717, 1.165) is 12.2 Å². The first-order valence-corrected chi connectivity index (χ1v) is 6.32. The van der Waals surface area contributed by atoms with Crippen LogP contribution in [0.15, 0.2) is 30.3 Å². The van der Waals surface area contributed by atoms with Gasteiger partial charge in [0.1, 0.15) is 0 Å². The summed E-state index contributed by atoms with van der Waals surface area (Å²) >= 11 is 1.81. The van der Waals surface area contributed by atoms with Crippen LogP contribution in [0.2, 0.25) is 0 Å². The van der Waals surface area contributed by atoms with Gasteiger partial charge >= 0.3 is 0 Å². The Morgan fingerprint density at radius 3 is 2.33 bits per heavy atom. The molecule has 1 unspecified atom stereocenters. The van der Waals surface area contributed by atoms with Gasteiger partial charge in [-0.05, 0) is 12.0 Å². The van der Waals surface area contributed by atoms with E-state index in [1.165, 1.54) is 5.56 Å². The smallest absolute Gasteiger partial charge is 0.0671 e. The number of benzene rings is 1. The van der Waals surface area contributed by atoms with Crippen LogP contribution in [0.1, 0.15) is 26.3 Å².